The molecule has 0 atom stereocenters. The van der Waals surface area contributed by atoms with Gasteiger partial charge >= 0.3 is 0 Å². The standard InChI is InChI=1S/C49H39Cl2N13O9S6/c1-3-20-74-48-58-47(59-49(60-48)75-21-5-22-77(65,66)67)56-32-13-9-29(10-14-32)41-37(26-53)45(76-46(41)64-61-34-15-8-28-6-4-7-39(35(28)23-34)78(68,69)70)63-62-42-27(2)36(25-52)43(57-44(42)54-31-16-11-30(50)12-17-31)55-33-18-19-38(51)40(24-33)79(71,72)73/h4,6-19,23-24H,3,5,20-22H2,1-2H3,(H2,54,55,57)(H,65,66,67)(H,68,69,70)(H,71,72,73)(H,56,58,59,60). The number of anilines is 6. The summed E-state index contributed by atoms with van der Waals surface area (Å²) in [6, 6.07) is 30.5. The second-order valence-electron chi connectivity index (χ2n) is 16.5. The minimum absolute atomic E-state index is 0.00953. The van der Waals surface area contributed by atoms with Gasteiger partial charge in [0, 0.05) is 50.1 Å². The molecule has 0 saturated carbocycles. The Bertz CT molecular complexity index is 4160. The van der Waals surface area contributed by atoms with Crippen LogP contribution in [0.1, 0.15) is 36.5 Å². The minimum atomic E-state index is -4.75. The Morgan fingerprint density at radius 1 is 0.658 bits per heavy atom. The van der Waals surface area contributed by atoms with Gasteiger partial charge in [0.25, 0.3) is 30.4 Å². The molecular formula is C49H39Cl2N13O9S6. The van der Waals surface area contributed by atoms with Crippen molar-refractivity contribution in [3.63, 3.8) is 0 Å². The Morgan fingerprint density at radius 3 is 1.95 bits per heavy atom. The third-order valence-electron chi connectivity index (χ3n) is 10.9. The minimum Gasteiger partial charge on any atom is -0.339 e. The maximum Gasteiger partial charge on any atom is 0.296 e. The van der Waals surface area contributed by atoms with E-state index in [1.54, 1.807) is 73.7 Å². The number of pyridine rings is 1. The van der Waals surface area contributed by atoms with Crippen molar-refractivity contribution in [2.75, 3.05) is 33.2 Å². The van der Waals surface area contributed by atoms with Crippen LogP contribution in [0, 0.1) is 29.6 Å². The molecule has 30 heteroatoms. The van der Waals surface area contributed by atoms with Gasteiger partial charge in [-0.15, -0.1) is 20.5 Å². The summed E-state index contributed by atoms with van der Waals surface area (Å²) in [5.41, 5.74) is 2.30. The molecule has 3 aromatic heterocycles. The lowest BCUT2D eigenvalue weighted by Gasteiger charge is -2.16. The Balaban J connectivity index is 1.21. The molecular weight excluding hydrogens is 1180 g/mol. The fourth-order valence-electron chi connectivity index (χ4n) is 7.32. The fourth-order valence-corrected chi connectivity index (χ4v) is 12.3. The number of azo groups is 2. The highest BCUT2D eigenvalue weighted by Gasteiger charge is 2.24. The Hall–Kier alpha value is -7.19. The number of hydrogen-bond donors (Lipinski definition) is 6. The van der Waals surface area contributed by atoms with Crippen LogP contribution in [-0.4, -0.2) is 76.1 Å². The van der Waals surface area contributed by atoms with Gasteiger partial charge in [0.1, 0.15) is 38.2 Å². The first-order chi connectivity index (χ1) is 37.6. The van der Waals surface area contributed by atoms with E-state index in [-0.39, 0.29) is 88.6 Å². The first-order valence-corrected chi connectivity index (χ1v) is 30.9. The topological polar surface area (TPSA) is 348 Å². The molecule has 404 valence electrons. The van der Waals surface area contributed by atoms with Crippen LogP contribution >= 0.6 is 58.1 Å². The average Bonchev–Trinajstić information content (AvgIpc) is 3.90. The quantitative estimate of drug-likeness (QED) is 0.0168. The summed E-state index contributed by atoms with van der Waals surface area (Å²) in [6.45, 7) is 3.58. The third-order valence-corrected chi connectivity index (χ3v) is 17.2. The number of thioether (sulfide) groups is 2. The largest absolute Gasteiger partial charge is 0.339 e. The zero-order valence-electron chi connectivity index (χ0n) is 40.8. The molecule has 0 aliphatic rings. The van der Waals surface area contributed by atoms with Crippen LogP contribution in [0.4, 0.5) is 56.0 Å². The summed E-state index contributed by atoms with van der Waals surface area (Å²) in [6.07, 6.45) is 1.01. The van der Waals surface area contributed by atoms with Gasteiger partial charge in [-0.2, -0.15) is 50.7 Å². The summed E-state index contributed by atoms with van der Waals surface area (Å²) in [5, 5.41) is 50.7. The molecule has 0 aliphatic carbocycles. The summed E-state index contributed by atoms with van der Waals surface area (Å²) >= 11 is 15.8. The number of nitrogens with one attached hydrogen (secondary N) is 3. The lowest BCUT2D eigenvalue weighted by molar-refractivity contribution is 0.480. The number of nitriles is 2. The van der Waals surface area contributed by atoms with Crippen molar-refractivity contribution in [1.29, 1.82) is 10.5 Å². The molecule has 0 unspecified atom stereocenters. The van der Waals surface area contributed by atoms with E-state index >= 15 is 0 Å². The Morgan fingerprint density at radius 2 is 1.29 bits per heavy atom. The normalized spacial score (nSPS) is 12.0. The smallest absolute Gasteiger partial charge is 0.296 e. The molecule has 0 spiro atoms. The van der Waals surface area contributed by atoms with Crippen molar-refractivity contribution >= 4 is 155 Å². The van der Waals surface area contributed by atoms with Crippen molar-refractivity contribution in [2.45, 2.75) is 46.8 Å². The van der Waals surface area contributed by atoms with Gasteiger partial charge in [0.2, 0.25) is 5.95 Å². The maximum absolute atomic E-state index is 12.3. The maximum atomic E-state index is 12.3. The van der Waals surface area contributed by atoms with Gasteiger partial charge in [-0.25, -0.2) is 4.98 Å². The number of benzene rings is 5. The zero-order chi connectivity index (χ0) is 56.6. The number of nitrogens with zero attached hydrogens (tertiary/aromatic N) is 10. The van der Waals surface area contributed by atoms with E-state index in [4.69, 9.17) is 23.2 Å². The van der Waals surface area contributed by atoms with E-state index in [0.29, 0.717) is 43.4 Å². The van der Waals surface area contributed by atoms with Gasteiger partial charge in [-0.3, -0.25) is 13.7 Å². The monoisotopic (exact) mass is 1220 g/mol. The van der Waals surface area contributed by atoms with Crippen molar-refractivity contribution in [3.05, 3.63) is 130 Å². The number of aromatic nitrogens is 4. The summed E-state index contributed by atoms with van der Waals surface area (Å²) in [4.78, 5) is 17.3. The summed E-state index contributed by atoms with van der Waals surface area (Å²) < 4.78 is 100. The zero-order valence-corrected chi connectivity index (χ0v) is 47.2. The van der Waals surface area contributed by atoms with E-state index in [1.165, 1.54) is 53.9 Å². The lowest BCUT2D eigenvalue weighted by atomic mass is 10.0. The van der Waals surface area contributed by atoms with Crippen molar-refractivity contribution in [1.82, 2.24) is 19.9 Å². The van der Waals surface area contributed by atoms with Crippen LogP contribution in [0.25, 0.3) is 21.9 Å². The third kappa shape index (κ3) is 14.7. The van der Waals surface area contributed by atoms with E-state index < -0.39 is 41.0 Å². The van der Waals surface area contributed by atoms with Gasteiger partial charge in [0.05, 0.1) is 22.0 Å². The predicted octanol–water partition coefficient (Wildman–Crippen LogP) is 13.9. The highest BCUT2D eigenvalue weighted by molar-refractivity contribution is 7.99. The van der Waals surface area contributed by atoms with Crippen molar-refractivity contribution in [2.24, 2.45) is 20.5 Å². The van der Waals surface area contributed by atoms with Crippen molar-refractivity contribution < 1.29 is 38.9 Å². The number of halogens is 2. The molecule has 0 saturated heterocycles. The molecule has 0 amide bonds. The van der Waals surface area contributed by atoms with Crippen LogP contribution in [0.5, 0.6) is 0 Å². The second kappa shape index (κ2) is 24.9. The number of hydrogen-bond acceptors (Lipinski definition) is 22. The van der Waals surface area contributed by atoms with Crippen LogP contribution in [-0.2, 0) is 30.4 Å². The highest BCUT2D eigenvalue weighted by atomic mass is 35.5. The molecule has 6 N–H and O–H groups in total. The molecule has 3 heterocycles. The molecule has 0 radical (unpaired) electrons. The van der Waals surface area contributed by atoms with Gasteiger partial charge in [0.15, 0.2) is 26.9 Å². The first-order valence-electron chi connectivity index (χ1n) is 22.9. The van der Waals surface area contributed by atoms with E-state index in [9.17, 15) is 49.4 Å². The van der Waals surface area contributed by atoms with Crippen LogP contribution in [0.3, 0.4) is 0 Å². The Kier molecular flexibility index (Phi) is 18.2. The SMILES string of the molecule is CCCSc1nc(Nc2ccc(-c3c(N=Nc4ccc5cccc(S(=O)(=O)O)c5c4)sc(N=Nc4c(Nc5ccc(Cl)cc5)nc(Nc5ccc(Cl)c(S(=O)(=O)O)c5)c(C#N)c4C)c3C#N)cc2)nc(SCCCS(=O)(=O)O)n1. The predicted molar refractivity (Wildman–Crippen MR) is 305 cm³/mol. The molecule has 0 aliphatic heterocycles. The molecule has 22 nitrogen and oxygen atoms in total. The summed E-state index contributed by atoms with van der Waals surface area (Å²) in [7, 11) is -13.5. The van der Waals surface area contributed by atoms with Crippen LogP contribution in [0.15, 0.2) is 144 Å². The van der Waals surface area contributed by atoms with E-state index in [1.807, 2.05) is 6.92 Å². The second-order valence-corrected chi connectivity index (χ2v) is 24.8. The number of fused-ring (bicyclic) bond motifs is 1. The summed E-state index contributed by atoms with van der Waals surface area (Å²) in [5.74, 6) is 0.814. The lowest BCUT2D eigenvalue weighted by Crippen LogP contribution is -2.05. The van der Waals surface area contributed by atoms with E-state index in [2.05, 4.69) is 68.5 Å². The van der Waals surface area contributed by atoms with Crippen LogP contribution in [0.2, 0.25) is 10.0 Å². The average molecular weight is 1220 g/mol. The van der Waals surface area contributed by atoms with Crippen molar-refractivity contribution in [3.8, 4) is 23.3 Å². The van der Waals surface area contributed by atoms with Gasteiger partial charge in [-0.1, -0.05) is 95.3 Å². The number of rotatable bonds is 21. The molecule has 8 aromatic rings. The van der Waals surface area contributed by atoms with Gasteiger partial charge < -0.3 is 16.0 Å². The highest BCUT2D eigenvalue weighted by Crippen LogP contribution is 2.49. The molecule has 79 heavy (non-hydrogen) atoms. The Labute approximate surface area is 474 Å². The molecule has 0 fully saturated rings. The fraction of sp³-hybridized carbons (Fsp3) is 0.143. The van der Waals surface area contributed by atoms with E-state index in [0.717, 1.165) is 29.6 Å². The molecule has 5 aromatic carbocycles. The molecule has 0 bridgehead atoms. The van der Waals surface area contributed by atoms with Crippen LogP contribution < -0.4 is 16.0 Å². The first kappa shape index (κ1) is 58.0. The number of thiophene rings is 1. The van der Waals surface area contributed by atoms with Gasteiger partial charge in [-0.05, 0) is 104 Å². The molecule has 8 rings (SSSR count).